The van der Waals surface area contributed by atoms with Crippen LogP contribution in [0.3, 0.4) is 0 Å². The second-order valence-electron chi connectivity index (χ2n) is 4.67. The molecule has 2 aromatic carbocycles. The Morgan fingerprint density at radius 3 is 2.57 bits per heavy atom. The maximum Gasteiger partial charge on any atom is 0.265 e. The molecular formula is C14H12BrN3O2S. The van der Waals surface area contributed by atoms with Crippen LogP contribution in [-0.4, -0.2) is 18.6 Å². The monoisotopic (exact) mass is 365 g/mol. The smallest absolute Gasteiger partial charge is 0.265 e. The third kappa shape index (κ3) is 2.79. The van der Waals surface area contributed by atoms with E-state index in [1.807, 2.05) is 24.3 Å². The Kier molecular flexibility index (Phi) is 3.46. The van der Waals surface area contributed by atoms with Gasteiger partial charge in [0.15, 0.2) is 0 Å². The molecule has 0 amide bonds. The lowest BCUT2D eigenvalue weighted by Gasteiger charge is -2.08. The standard InChI is InChI=1S/C14H12BrN3O2S/c1-9-14(8-16-17-9)21(19,20)18-13-5-3-10-6-12(15)4-2-11(10)7-13/h2-8,18H,1H3,(H,16,17). The Morgan fingerprint density at radius 2 is 1.86 bits per heavy atom. The highest BCUT2D eigenvalue weighted by molar-refractivity contribution is 9.10. The number of sulfonamides is 1. The van der Waals surface area contributed by atoms with Crippen molar-refractivity contribution in [3.63, 3.8) is 0 Å². The predicted molar refractivity (Wildman–Crippen MR) is 85.8 cm³/mol. The summed E-state index contributed by atoms with van der Waals surface area (Å²) in [7, 11) is -3.63. The van der Waals surface area contributed by atoms with Crippen molar-refractivity contribution in [1.82, 2.24) is 10.2 Å². The molecule has 0 saturated carbocycles. The van der Waals surface area contributed by atoms with Gasteiger partial charge in [-0.1, -0.05) is 28.1 Å². The summed E-state index contributed by atoms with van der Waals surface area (Å²) in [5.41, 5.74) is 1.03. The Labute approximate surface area is 130 Å². The number of hydrogen-bond donors (Lipinski definition) is 2. The van der Waals surface area contributed by atoms with Gasteiger partial charge in [-0.2, -0.15) is 5.10 Å². The van der Waals surface area contributed by atoms with Gasteiger partial charge in [-0.05, 0) is 42.0 Å². The lowest BCUT2D eigenvalue weighted by atomic mass is 10.1. The van der Waals surface area contributed by atoms with Gasteiger partial charge in [0.1, 0.15) is 4.90 Å². The molecule has 0 saturated heterocycles. The molecule has 1 heterocycles. The Bertz CT molecular complexity index is 919. The second kappa shape index (κ2) is 5.16. The van der Waals surface area contributed by atoms with Gasteiger partial charge in [0.05, 0.1) is 11.9 Å². The highest BCUT2D eigenvalue weighted by Gasteiger charge is 2.18. The summed E-state index contributed by atoms with van der Waals surface area (Å²) < 4.78 is 28.1. The first-order valence-electron chi connectivity index (χ1n) is 6.18. The van der Waals surface area contributed by atoms with Crippen LogP contribution in [0.15, 0.2) is 52.0 Å². The van der Waals surface area contributed by atoms with Gasteiger partial charge in [-0.3, -0.25) is 9.82 Å². The minimum atomic E-state index is -3.63. The summed E-state index contributed by atoms with van der Waals surface area (Å²) in [4.78, 5) is 0.151. The fourth-order valence-electron chi connectivity index (χ4n) is 2.10. The van der Waals surface area contributed by atoms with Crippen molar-refractivity contribution in [2.24, 2.45) is 0 Å². The van der Waals surface area contributed by atoms with E-state index < -0.39 is 10.0 Å². The summed E-state index contributed by atoms with van der Waals surface area (Å²) in [6, 6.07) is 11.2. The van der Waals surface area contributed by atoms with Gasteiger partial charge in [-0.15, -0.1) is 0 Å². The summed E-state index contributed by atoms with van der Waals surface area (Å²) >= 11 is 3.41. The van der Waals surface area contributed by atoms with Crippen molar-refractivity contribution < 1.29 is 8.42 Å². The summed E-state index contributed by atoms with van der Waals surface area (Å²) in [6.07, 6.45) is 1.30. The molecule has 0 aliphatic carbocycles. The molecule has 21 heavy (non-hydrogen) atoms. The molecular weight excluding hydrogens is 354 g/mol. The number of aromatic nitrogens is 2. The van der Waals surface area contributed by atoms with Crippen LogP contribution < -0.4 is 4.72 Å². The Balaban J connectivity index is 1.98. The van der Waals surface area contributed by atoms with Crippen molar-refractivity contribution >= 4 is 42.4 Å². The molecule has 0 radical (unpaired) electrons. The number of benzene rings is 2. The normalized spacial score (nSPS) is 11.7. The predicted octanol–water partition coefficient (Wildman–Crippen LogP) is 3.43. The van der Waals surface area contributed by atoms with Crippen LogP contribution in [0.25, 0.3) is 10.8 Å². The minimum absolute atomic E-state index is 0.151. The lowest BCUT2D eigenvalue weighted by molar-refractivity contribution is 0.600. The van der Waals surface area contributed by atoms with Gasteiger partial charge in [0, 0.05) is 10.2 Å². The molecule has 0 unspecified atom stereocenters. The zero-order chi connectivity index (χ0) is 15.0. The van der Waals surface area contributed by atoms with Crippen LogP contribution >= 0.6 is 15.9 Å². The maximum absolute atomic E-state index is 12.3. The number of anilines is 1. The van der Waals surface area contributed by atoms with E-state index in [1.54, 1.807) is 19.1 Å². The number of aryl methyl sites for hydroxylation is 1. The average molecular weight is 366 g/mol. The first-order chi connectivity index (χ1) is 9.95. The van der Waals surface area contributed by atoms with Gasteiger partial charge in [-0.25, -0.2) is 8.42 Å². The van der Waals surface area contributed by atoms with Crippen molar-refractivity contribution in [1.29, 1.82) is 0 Å². The van der Waals surface area contributed by atoms with Gasteiger partial charge in [0.25, 0.3) is 10.0 Å². The summed E-state index contributed by atoms with van der Waals surface area (Å²) in [5.74, 6) is 0. The van der Waals surface area contributed by atoms with E-state index in [-0.39, 0.29) is 4.90 Å². The summed E-state index contributed by atoms with van der Waals surface area (Å²) in [6.45, 7) is 1.67. The number of nitrogens with one attached hydrogen (secondary N) is 2. The molecule has 0 fully saturated rings. The first-order valence-corrected chi connectivity index (χ1v) is 8.45. The van der Waals surface area contributed by atoms with E-state index in [0.717, 1.165) is 15.2 Å². The Hall–Kier alpha value is -1.86. The van der Waals surface area contributed by atoms with Crippen molar-refractivity contribution in [3.8, 4) is 0 Å². The van der Waals surface area contributed by atoms with Crippen molar-refractivity contribution in [2.75, 3.05) is 4.72 Å². The van der Waals surface area contributed by atoms with Gasteiger partial charge < -0.3 is 0 Å². The van der Waals surface area contributed by atoms with Crippen molar-refractivity contribution in [3.05, 3.63) is 52.8 Å². The molecule has 1 aromatic heterocycles. The molecule has 0 spiro atoms. The van der Waals surface area contributed by atoms with Crippen LogP contribution in [0.5, 0.6) is 0 Å². The molecule has 2 N–H and O–H groups in total. The number of rotatable bonds is 3. The Morgan fingerprint density at radius 1 is 1.14 bits per heavy atom. The van der Waals surface area contributed by atoms with E-state index in [1.165, 1.54) is 6.20 Å². The highest BCUT2D eigenvalue weighted by Crippen LogP contribution is 2.24. The van der Waals surface area contributed by atoms with Crippen LogP contribution in [0.1, 0.15) is 5.69 Å². The average Bonchev–Trinajstić information content (AvgIpc) is 2.86. The van der Waals surface area contributed by atoms with E-state index in [0.29, 0.717) is 11.4 Å². The highest BCUT2D eigenvalue weighted by atomic mass is 79.9. The quantitative estimate of drug-likeness (QED) is 0.746. The summed E-state index contributed by atoms with van der Waals surface area (Å²) in [5, 5.41) is 8.36. The number of halogens is 1. The SMILES string of the molecule is Cc1[nH]ncc1S(=O)(=O)Nc1ccc2cc(Br)ccc2c1. The molecule has 0 bridgehead atoms. The fourth-order valence-corrected chi connectivity index (χ4v) is 3.67. The zero-order valence-electron chi connectivity index (χ0n) is 11.1. The topological polar surface area (TPSA) is 74.8 Å². The third-order valence-electron chi connectivity index (χ3n) is 3.13. The van der Waals surface area contributed by atoms with Gasteiger partial charge in [0.2, 0.25) is 0 Å². The fraction of sp³-hybridized carbons (Fsp3) is 0.0714. The van der Waals surface area contributed by atoms with E-state index in [2.05, 4.69) is 30.8 Å². The van der Waals surface area contributed by atoms with E-state index in [9.17, 15) is 8.42 Å². The zero-order valence-corrected chi connectivity index (χ0v) is 13.5. The van der Waals surface area contributed by atoms with Gasteiger partial charge >= 0.3 is 0 Å². The molecule has 7 heteroatoms. The molecule has 3 rings (SSSR count). The van der Waals surface area contributed by atoms with Crippen LogP contribution in [0.2, 0.25) is 0 Å². The number of fused-ring (bicyclic) bond motifs is 1. The van der Waals surface area contributed by atoms with Crippen LogP contribution in [0, 0.1) is 6.92 Å². The maximum atomic E-state index is 12.3. The molecule has 0 atom stereocenters. The number of nitrogens with zero attached hydrogens (tertiary/aromatic N) is 1. The lowest BCUT2D eigenvalue weighted by Crippen LogP contribution is -2.13. The molecule has 0 aliphatic rings. The third-order valence-corrected chi connectivity index (χ3v) is 5.12. The first kappa shape index (κ1) is 14.1. The second-order valence-corrected chi connectivity index (χ2v) is 7.24. The van der Waals surface area contributed by atoms with E-state index >= 15 is 0 Å². The van der Waals surface area contributed by atoms with E-state index in [4.69, 9.17) is 0 Å². The van der Waals surface area contributed by atoms with Crippen LogP contribution in [-0.2, 0) is 10.0 Å². The molecule has 108 valence electrons. The molecule has 5 nitrogen and oxygen atoms in total. The number of H-pyrrole nitrogens is 1. The minimum Gasteiger partial charge on any atom is -0.281 e. The largest absolute Gasteiger partial charge is 0.281 e. The van der Waals surface area contributed by atoms with Crippen LogP contribution in [0.4, 0.5) is 5.69 Å². The van der Waals surface area contributed by atoms with Crippen molar-refractivity contribution in [2.45, 2.75) is 11.8 Å². The number of hydrogen-bond acceptors (Lipinski definition) is 3. The molecule has 0 aliphatic heterocycles. The number of aromatic amines is 1. The molecule has 3 aromatic rings.